The topological polar surface area (TPSA) is 54.0 Å². The van der Waals surface area contributed by atoms with Gasteiger partial charge in [-0.15, -0.1) is 0 Å². The summed E-state index contributed by atoms with van der Waals surface area (Å²) in [7, 11) is 0. The SMILES string of the molecule is C.C[C@@H]1CC[C@H]2[C@@H](C)C(=O)O[C@@H]3O[C@]4(C)CC[C@@H]1[C@]32OO4. The molecule has 0 amide bonds. The number of hydrogen-bond acceptors (Lipinski definition) is 5. The van der Waals surface area contributed by atoms with Crippen LogP contribution in [0.5, 0.6) is 0 Å². The van der Waals surface area contributed by atoms with Crippen LogP contribution in [0.15, 0.2) is 0 Å². The average Bonchev–Trinajstić information content (AvgIpc) is 2.63. The summed E-state index contributed by atoms with van der Waals surface area (Å²) in [5, 5.41) is 0. The Balaban J connectivity index is 0.00000132. The molecule has 4 heterocycles. The Hall–Kier alpha value is -0.650. The van der Waals surface area contributed by atoms with Gasteiger partial charge >= 0.3 is 5.97 Å². The molecule has 2 bridgehead atoms. The maximum Gasteiger partial charge on any atom is 0.311 e. The van der Waals surface area contributed by atoms with Crippen molar-refractivity contribution >= 4 is 5.97 Å². The van der Waals surface area contributed by atoms with E-state index in [9.17, 15) is 4.79 Å². The summed E-state index contributed by atoms with van der Waals surface area (Å²) in [5.74, 6) is -0.137. The number of fused-ring (bicyclic) bond motifs is 2. The minimum atomic E-state index is -0.793. The van der Waals surface area contributed by atoms with E-state index in [1.165, 1.54) is 0 Å². The van der Waals surface area contributed by atoms with Crippen LogP contribution in [-0.4, -0.2) is 23.6 Å². The Morgan fingerprint density at radius 1 is 1.10 bits per heavy atom. The van der Waals surface area contributed by atoms with Crippen molar-refractivity contribution in [2.45, 2.75) is 71.6 Å². The molecule has 5 heteroatoms. The normalized spacial score (nSPS) is 55.0. The predicted octanol–water partition coefficient (Wildman–Crippen LogP) is 3.03. The number of carbonyl (C=O) groups excluding carboxylic acids is 1. The van der Waals surface area contributed by atoms with Gasteiger partial charge in [0.25, 0.3) is 0 Å². The Bertz CT molecular complexity index is 452. The highest BCUT2D eigenvalue weighted by molar-refractivity contribution is 5.74. The Morgan fingerprint density at radius 2 is 1.86 bits per heavy atom. The molecule has 0 radical (unpaired) electrons. The van der Waals surface area contributed by atoms with Crippen LogP contribution < -0.4 is 0 Å². The lowest BCUT2D eigenvalue weighted by molar-refractivity contribution is -0.559. The van der Waals surface area contributed by atoms with Gasteiger partial charge in [-0.3, -0.25) is 4.79 Å². The van der Waals surface area contributed by atoms with Crippen LogP contribution in [0.3, 0.4) is 0 Å². The lowest BCUT2D eigenvalue weighted by atomic mass is 9.58. The van der Waals surface area contributed by atoms with Crippen LogP contribution in [0.25, 0.3) is 0 Å². The number of ether oxygens (including phenoxy) is 2. The van der Waals surface area contributed by atoms with Crippen molar-refractivity contribution in [3.05, 3.63) is 0 Å². The van der Waals surface area contributed by atoms with Crippen molar-refractivity contribution in [3.8, 4) is 0 Å². The van der Waals surface area contributed by atoms with E-state index in [-0.39, 0.29) is 25.2 Å². The van der Waals surface area contributed by atoms with Gasteiger partial charge < -0.3 is 9.47 Å². The highest BCUT2D eigenvalue weighted by Gasteiger charge is 2.69. The smallest absolute Gasteiger partial charge is 0.311 e. The highest BCUT2D eigenvalue weighted by Crippen LogP contribution is 2.59. The van der Waals surface area contributed by atoms with E-state index in [0.29, 0.717) is 11.8 Å². The summed E-state index contributed by atoms with van der Waals surface area (Å²) >= 11 is 0. The molecule has 5 fully saturated rings. The van der Waals surface area contributed by atoms with Crippen molar-refractivity contribution in [1.82, 2.24) is 0 Å². The highest BCUT2D eigenvalue weighted by atomic mass is 17.3. The quantitative estimate of drug-likeness (QED) is 0.508. The lowest BCUT2D eigenvalue weighted by Gasteiger charge is -2.57. The summed E-state index contributed by atoms with van der Waals surface area (Å²) in [4.78, 5) is 23.7. The third-order valence-electron chi connectivity index (χ3n) is 5.97. The first-order chi connectivity index (χ1) is 9.46. The molecule has 4 aliphatic heterocycles. The summed E-state index contributed by atoms with van der Waals surface area (Å²) in [6.07, 6.45) is 3.24. The Kier molecular flexibility index (Phi) is 3.39. The minimum Gasteiger partial charge on any atom is -0.432 e. The molecule has 5 aliphatic rings. The van der Waals surface area contributed by atoms with Crippen LogP contribution in [0.1, 0.15) is 53.9 Å². The third kappa shape index (κ3) is 1.83. The molecule has 1 saturated carbocycles. The van der Waals surface area contributed by atoms with Crippen LogP contribution in [0, 0.1) is 23.7 Å². The number of rotatable bonds is 0. The van der Waals surface area contributed by atoms with Gasteiger partial charge in [-0.1, -0.05) is 21.3 Å². The van der Waals surface area contributed by atoms with E-state index in [0.717, 1.165) is 25.7 Å². The van der Waals surface area contributed by atoms with Gasteiger partial charge in [0.2, 0.25) is 12.1 Å². The van der Waals surface area contributed by atoms with Crippen molar-refractivity contribution in [2.24, 2.45) is 23.7 Å². The molecule has 21 heavy (non-hydrogen) atoms. The fourth-order valence-electron chi connectivity index (χ4n) is 4.76. The standard InChI is InChI=1S/C15H22O5.CH4/c1-8-4-5-11-9(2)12(16)17-13-15(11)10(8)6-7-14(3,18-13)19-20-15;/h8-11,13H,4-7H2,1-3H3;1H4/t8-,9-,10+,11+,13-,14+,15-;/m1./s1. The van der Waals surface area contributed by atoms with Crippen molar-refractivity contribution in [3.63, 3.8) is 0 Å². The number of carbonyl (C=O) groups is 1. The maximum absolute atomic E-state index is 12.1. The first-order valence-corrected chi connectivity index (χ1v) is 7.71. The Morgan fingerprint density at radius 3 is 2.62 bits per heavy atom. The molecule has 0 unspecified atom stereocenters. The zero-order chi connectivity index (χ0) is 14.1. The van der Waals surface area contributed by atoms with Crippen LogP contribution in [-0.2, 0) is 24.0 Å². The molecule has 1 spiro atoms. The molecule has 0 aromatic heterocycles. The fourth-order valence-corrected chi connectivity index (χ4v) is 4.76. The largest absolute Gasteiger partial charge is 0.432 e. The van der Waals surface area contributed by atoms with Crippen molar-refractivity contribution in [1.29, 1.82) is 0 Å². The van der Waals surface area contributed by atoms with Crippen LogP contribution in [0.4, 0.5) is 0 Å². The van der Waals surface area contributed by atoms with E-state index in [1.807, 2.05) is 13.8 Å². The lowest BCUT2D eigenvalue weighted by Crippen LogP contribution is -2.69. The van der Waals surface area contributed by atoms with Crippen LogP contribution >= 0.6 is 0 Å². The molecule has 5 nitrogen and oxygen atoms in total. The first kappa shape index (κ1) is 15.3. The number of esters is 1. The van der Waals surface area contributed by atoms with Gasteiger partial charge in [-0.2, -0.15) is 0 Å². The van der Waals surface area contributed by atoms with Gasteiger partial charge in [0.15, 0.2) is 5.60 Å². The first-order valence-electron chi connectivity index (χ1n) is 7.71. The van der Waals surface area contributed by atoms with E-state index < -0.39 is 17.7 Å². The average molecular weight is 298 g/mol. The van der Waals surface area contributed by atoms with Crippen molar-refractivity contribution < 1.29 is 24.0 Å². The van der Waals surface area contributed by atoms with Crippen molar-refractivity contribution in [2.75, 3.05) is 0 Å². The zero-order valence-electron chi connectivity index (χ0n) is 12.3. The second-order valence-electron chi connectivity index (χ2n) is 7.14. The molecule has 0 aromatic carbocycles. The Labute approximate surface area is 126 Å². The van der Waals surface area contributed by atoms with Gasteiger partial charge in [-0.05, 0) is 32.1 Å². The summed E-state index contributed by atoms with van der Waals surface area (Å²) in [6.45, 7) is 6.06. The minimum absolute atomic E-state index is 0. The van der Waals surface area contributed by atoms with Gasteiger partial charge in [-0.25, -0.2) is 9.78 Å². The fraction of sp³-hybridized carbons (Fsp3) is 0.938. The third-order valence-corrected chi connectivity index (χ3v) is 5.97. The van der Waals surface area contributed by atoms with Gasteiger partial charge in [0.1, 0.15) is 0 Å². The second kappa shape index (κ2) is 4.67. The van der Waals surface area contributed by atoms with Crippen LogP contribution in [0.2, 0.25) is 0 Å². The molecule has 0 aromatic rings. The molecule has 7 atom stereocenters. The molecule has 120 valence electrons. The summed E-state index contributed by atoms with van der Waals surface area (Å²) in [6, 6.07) is 0. The molecule has 0 N–H and O–H groups in total. The molecule has 4 saturated heterocycles. The zero-order valence-corrected chi connectivity index (χ0v) is 12.3. The molecule has 5 rings (SSSR count). The molecular weight excluding hydrogens is 272 g/mol. The van der Waals surface area contributed by atoms with E-state index in [1.54, 1.807) is 0 Å². The molecular formula is C16H26O5. The summed E-state index contributed by atoms with van der Waals surface area (Å²) < 4.78 is 11.6. The predicted molar refractivity (Wildman–Crippen MR) is 74.8 cm³/mol. The maximum atomic E-state index is 12.1. The number of hydrogen-bond donors (Lipinski definition) is 0. The monoisotopic (exact) mass is 298 g/mol. The molecule has 1 aliphatic carbocycles. The van der Waals surface area contributed by atoms with Gasteiger partial charge in [0, 0.05) is 18.3 Å². The van der Waals surface area contributed by atoms with E-state index in [2.05, 4.69) is 6.92 Å². The summed E-state index contributed by atoms with van der Waals surface area (Å²) in [5.41, 5.74) is -0.610. The second-order valence-corrected chi connectivity index (χ2v) is 7.14. The van der Waals surface area contributed by atoms with Gasteiger partial charge in [0.05, 0.1) is 5.92 Å². The van der Waals surface area contributed by atoms with E-state index in [4.69, 9.17) is 19.2 Å². The van der Waals surface area contributed by atoms with E-state index >= 15 is 0 Å².